The molecule has 0 unspecified atom stereocenters. The number of benzene rings is 1. The van der Waals surface area contributed by atoms with Gasteiger partial charge in [0, 0.05) is 36.6 Å². The lowest BCUT2D eigenvalue weighted by atomic mass is 9.99. The van der Waals surface area contributed by atoms with Gasteiger partial charge in [0.25, 0.3) is 5.91 Å². The summed E-state index contributed by atoms with van der Waals surface area (Å²) in [5, 5.41) is 5.62. The maximum absolute atomic E-state index is 13.1. The first kappa shape index (κ1) is 25.7. The summed E-state index contributed by atoms with van der Waals surface area (Å²) < 4.78 is 33.5. The average Bonchev–Trinajstić information content (AvgIpc) is 3.33. The van der Waals surface area contributed by atoms with Crippen LogP contribution in [0.4, 0.5) is 5.95 Å². The van der Waals surface area contributed by atoms with Crippen molar-refractivity contribution in [2.75, 3.05) is 37.0 Å². The van der Waals surface area contributed by atoms with Gasteiger partial charge in [0.15, 0.2) is 5.65 Å². The highest BCUT2D eigenvalue weighted by atomic mass is 32.2. The highest BCUT2D eigenvalue weighted by Gasteiger charge is 2.25. The maximum Gasteiger partial charge on any atom is 0.283 e. The number of ether oxygens (including phenoxy) is 1. The topological polar surface area (TPSA) is 132 Å². The molecule has 1 fully saturated rings. The van der Waals surface area contributed by atoms with Gasteiger partial charge < -0.3 is 9.64 Å². The number of fused-ring (bicyclic) bond motifs is 1. The number of sulfonamides is 1. The summed E-state index contributed by atoms with van der Waals surface area (Å²) >= 11 is 0. The van der Waals surface area contributed by atoms with Gasteiger partial charge >= 0.3 is 0 Å². The van der Waals surface area contributed by atoms with Gasteiger partial charge in [-0.15, -0.1) is 0 Å². The van der Waals surface area contributed by atoms with Crippen LogP contribution in [0.3, 0.4) is 0 Å². The average molecular weight is 536 g/mol. The van der Waals surface area contributed by atoms with Crippen LogP contribution < -0.4 is 9.62 Å². The van der Waals surface area contributed by atoms with Crippen LogP contribution in [0.5, 0.6) is 0 Å². The number of nitrogens with zero attached hydrogens (tertiary/aromatic N) is 6. The molecule has 38 heavy (non-hydrogen) atoms. The number of aromatic nitrogens is 5. The van der Waals surface area contributed by atoms with Crippen LogP contribution in [0.2, 0.25) is 0 Å². The van der Waals surface area contributed by atoms with Crippen molar-refractivity contribution in [2.24, 2.45) is 0 Å². The van der Waals surface area contributed by atoms with E-state index in [0.717, 1.165) is 16.8 Å². The molecule has 0 radical (unpaired) electrons. The standard InChI is InChI=1S/C26H29N7O4S/c1-4-38(35,36)31-25(34)21-14-20(18-15-27-26(28-16-18)32-10-12-37-13-11-32)22-23(17(2)3)30-33(24(22)29-21)19-8-6-5-7-9-19/h5-9,14-17H,4,10-13H2,1-3H3,(H,31,34). The van der Waals surface area contributed by atoms with Gasteiger partial charge in [-0.2, -0.15) is 5.10 Å². The molecule has 1 saturated heterocycles. The minimum absolute atomic E-state index is 0.0386. The Bertz CT molecular complexity index is 1560. The molecule has 0 aliphatic carbocycles. The number of amides is 1. The summed E-state index contributed by atoms with van der Waals surface area (Å²) in [5.41, 5.74) is 3.25. The Kier molecular flexibility index (Phi) is 7.09. The monoisotopic (exact) mass is 535 g/mol. The third-order valence-corrected chi connectivity index (χ3v) is 7.57. The molecule has 0 bridgehead atoms. The van der Waals surface area contributed by atoms with E-state index >= 15 is 0 Å². The van der Waals surface area contributed by atoms with Crippen LogP contribution >= 0.6 is 0 Å². The normalized spacial score (nSPS) is 14.3. The second-order valence-electron chi connectivity index (χ2n) is 9.25. The zero-order chi connectivity index (χ0) is 26.9. The van der Waals surface area contributed by atoms with Gasteiger partial charge in [-0.25, -0.2) is 32.8 Å². The number of carbonyl (C=O) groups excluding carboxylic acids is 1. The molecule has 3 aromatic heterocycles. The van der Waals surface area contributed by atoms with Crippen molar-refractivity contribution < 1.29 is 17.9 Å². The smallest absolute Gasteiger partial charge is 0.283 e. The van der Waals surface area contributed by atoms with E-state index in [1.54, 1.807) is 23.1 Å². The van der Waals surface area contributed by atoms with Crippen molar-refractivity contribution >= 4 is 32.9 Å². The molecule has 4 heterocycles. The van der Waals surface area contributed by atoms with Crippen LogP contribution in [0.1, 0.15) is 42.9 Å². The van der Waals surface area contributed by atoms with E-state index in [4.69, 9.17) is 9.84 Å². The van der Waals surface area contributed by atoms with Crippen molar-refractivity contribution in [3.05, 3.63) is 60.2 Å². The molecule has 1 aliphatic heterocycles. The number of nitrogens with one attached hydrogen (secondary N) is 1. The molecule has 4 aromatic rings. The Balaban J connectivity index is 1.71. The molecule has 0 spiro atoms. The van der Waals surface area contributed by atoms with Crippen molar-refractivity contribution in [1.82, 2.24) is 29.5 Å². The van der Waals surface area contributed by atoms with Crippen molar-refractivity contribution in [3.63, 3.8) is 0 Å². The molecule has 11 nitrogen and oxygen atoms in total. The molecule has 1 aromatic carbocycles. The Hall–Kier alpha value is -3.90. The van der Waals surface area contributed by atoms with Crippen LogP contribution in [-0.4, -0.2) is 71.1 Å². The lowest BCUT2D eigenvalue weighted by molar-refractivity contribution is 0.0977. The predicted molar refractivity (Wildman–Crippen MR) is 144 cm³/mol. The quantitative estimate of drug-likeness (QED) is 0.379. The summed E-state index contributed by atoms with van der Waals surface area (Å²) in [6.45, 7) is 8.18. The molecule has 1 N–H and O–H groups in total. The SMILES string of the molecule is CCS(=O)(=O)NC(=O)c1cc(-c2cnc(N3CCOCC3)nc2)c2c(C(C)C)nn(-c3ccccc3)c2n1. The fourth-order valence-electron chi connectivity index (χ4n) is 4.29. The van der Waals surface area contributed by atoms with E-state index in [0.29, 0.717) is 49.0 Å². The van der Waals surface area contributed by atoms with Gasteiger partial charge in [-0.05, 0) is 31.0 Å². The Labute approximate surface area is 220 Å². The summed E-state index contributed by atoms with van der Waals surface area (Å²) in [6, 6.07) is 11.1. The molecule has 5 rings (SSSR count). The third kappa shape index (κ3) is 5.09. The van der Waals surface area contributed by atoms with Gasteiger partial charge in [0.1, 0.15) is 5.69 Å². The zero-order valence-electron chi connectivity index (χ0n) is 21.5. The molecule has 12 heteroatoms. The van der Waals surface area contributed by atoms with E-state index in [1.807, 2.05) is 44.2 Å². The number of para-hydroxylation sites is 1. The van der Waals surface area contributed by atoms with Gasteiger partial charge in [-0.3, -0.25) is 4.79 Å². The molecular weight excluding hydrogens is 506 g/mol. The number of anilines is 1. The van der Waals surface area contributed by atoms with Crippen molar-refractivity contribution in [2.45, 2.75) is 26.7 Å². The fraction of sp³-hybridized carbons (Fsp3) is 0.346. The van der Waals surface area contributed by atoms with Crippen molar-refractivity contribution in [3.8, 4) is 16.8 Å². The van der Waals surface area contributed by atoms with Gasteiger partial charge in [0.05, 0.1) is 35.7 Å². The van der Waals surface area contributed by atoms with Crippen LogP contribution in [0, 0.1) is 0 Å². The maximum atomic E-state index is 13.1. The largest absolute Gasteiger partial charge is 0.378 e. The molecule has 1 aliphatic rings. The Morgan fingerprint density at radius 2 is 1.79 bits per heavy atom. The third-order valence-electron chi connectivity index (χ3n) is 6.32. The number of carbonyl (C=O) groups is 1. The molecular formula is C26H29N7O4S. The molecule has 198 valence electrons. The lowest BCUT2D eigenvalue weighted by Crippen LogP contribution is -2.37. The predicted octanol–water partition coefficient (Wildman–Crippen LogP) is 2.92. The molecule has 0 saturated carbocycles. The zero-order valence-corrected chi connectivity index (χ0v) is 22.3. The number of hydrogen-bond donors (Lipinski definition) is 1. The van der Waals surface area contributed by atoms with E-state index in [-0.39, 0.29) is 17.4 Å². The van der Waals surface area contributed by atoms with Crippen LogP contribution in [-0.2, 0) is 14.8 Å². The fourth-order valence-corrected chi connectivity index (χ4v) is 4.82. The van der Waals surface area contributed by atoms with Crippen molar-refractivity contribution in [1.29, 1.82) is 0 Å². The molecule has 1 amide bonds. The van der Waals surface area contributed by atoms with E-state index < -0.39 is 15.9 Å². The minimum Gasteiger partial charge on any atom is -0.378 e. The molecule has 0 atom stereocenters. The Morgan fingerprint density at radius 1 is 1.11 bits per heavy atom. The minimum atomic E-state index is -3.79. The lowest BCUT2D eigenvalue weighted by Gasteiger charge is -2.26. The highest BCUT2D eigenvalue weighted by Crippen LogP contribution is 2.35. The first-order valence-corrected chi connectivity index (χ1v) is 14.1. The van der Waals surface area contributed by atoms with E-state index in [9.17, 15) is 13.2 Å². The number of pyridine rings is 1. The summed E-state index contributed by atoms with van der Waals surface area (Å²) in [6.07, 6.45) is 3.42. The van der Waals surface area contributed by atoms with Crippen LogP contribution in [0.25, 0.3) is 27.8 Å². The van der Waals surface area contributed by atoms with Gasteiger partial charge in [-0.1, -0.05) is 32.0 Å². The second kappa shape index (κ2) is 10.5. The van der Waals surface area contributed by atoms with E-state index in [2.05, 4.69) is 24.6 Å². The first-order chi connectivity index (χ1) is 18.3. The second-order valence-corrected chi connectivity index (χ2v) is 11.3. The summed E-state index contributed by atoms with van der Waals surface area (Å²) in [5.74, 6) is -0.410. The highest BCUT2D eigenvalue weighted by molar-refractivity contribution is 7.90. The number of morpholine rings is 1. The van der Waals surface area contributed by atoms with Crippen LogP contribution in [0.15, 0.2) is 48.8 Å². The van der Waals surface area contributed by atoms with Gasteiger partial charge in [0.2, 0.25) is 16.0 Å². The first-order valence-electron chi connectivity index (χ1n) is 12.5. The summed E-state index contributed by atoms with van der Waals surface area (Å²) in [4.78, 5) is 28.9. The van der Waals surface area contributed by atoms with E-state index in [1.165, 1.54) is 6.92 Å². The number of rotatable bonds is 7. The number of hydrogen-bond acceptors (Lipinski definition) is 9. The Morgan fingerprint density at radius 3 is 2.42 bits per heavy atom. The summed E-state index contributed by atoms with van der Waals surface area (Å²) in [7, 11) is -3.79.